The fourth-order valence-electron chi connectivity index (χ4n) is 7.89. The minimum absolute atomic E-state index is 0.0874. The molecule has 0 aromatic carbocycles. The van der Waals surface area contributed by atoms with Crippen LogP contribution in [-0.2, 0) is 28.6 Å². The molecular weight excluding hydrogens is 865 g/mol. The van der Waals surface area contributed by atoms with Crippen LogP contribution in [0.4, 0.5) is 0 Å². The van der Waals surface area contributed by atoms with Crippen molar-refractivity contribution in [1.29, 1.82) is 0 Å². The maximum atomic E-state index is 12.8. The molecule has 0 aromatic heterocycles. The maximum Gasteiger partial charge on any atom is 0.306 e. The number of ether oxygens (including phenoxy) is 3. The van der Waals surface area contributed by atoms with Gasteiger partial charge < -0.3 is 14.2 Å². The Morgan fingerprint density at radius 1 is 0.300 bits per heavy atom. The number of carbonyl (C=O) groups excluding carboxylic acids is 3. The SMILES string of the molecule is CC/C=C\C/C=C\C/C=C\C/C=C\C/C=C\C/C=C\CCCCCCCCCCC(=O)OCC(COC(=O)CCCCCCC/C=C\CCCC)OC(=O)CCCCCCC/C=C\CCCCCCC. The summed E-state index contributed by atoms with van der Waals surface area (Å²) in [7, 11) is 0. The molecule has 0 saturated carbocycles. The molecule has 0 aliphatic rings. The molecule has 0 rings (SSSR count). The quantitative estimate of drug-likeness (QED) is 0.0262. The molecule has 1 unspecified atom stereocenters. The van der Waals surface area contributed by atoms with Crippen LogP contribution in [0.15, 0.2) is 97.2 Å². The lowest BCUT2D eigenvalue weighted by molar-refractivity contribution is -0.167. The van der Waals surface area contributed by atoms with Crippen LogP contribution in [0.25, 0.3) is 0 Å². The molecule has 6 heteroatoms. The summed E-state index contributed by atoms with van der Waals surface area (Å²) in [5.41, 5.74) is 0. The Balaban J connectivity index is 4.29. The molecule has 0 spiro atoms. The first-order valence-corrected chi connectivity index (χ1v) is 29.2. The van der Waals surface area contributed by atoms with Gasteiger partial charge in [-0.1, -0.05) is 234 Å². The fraction of sp³-hybridized carbons (Fsp3) is 0.703. The summed E-state index contributed by atoms with van der Waals surface area (Å²) in [5.74, 6) is -0.911. The number of carbonyl (C=O) groups is 3. The highest BCUT2D eigenvalue weighted by atomic mass is 16.6. The summed E-state index contributed by atoms with van der Waals surface area (Å²) in [6.07, 6.45) is 76.9. The van der Waals surface area contributed by atoms with Crippen molar-refractivity contribution >= 4 is 17.9 Å². The van der Waals surface area contributed by atoms with Gasteiger partial charge in [0.25, 0.3) is 0 Å². The third-order valence-electron chi connectivity index (χ3n) is 12.3. The normalized spacial score (nSPS) is 12.8. The molecule has 0 aliphatic carbocycles. The first-order valence-electron chi connectivity index (χ1n) is 29.2. The van der Waals surface area contributed by atoms with Gasteiger partial charge in [-0.2, -0.15) is 0 Å². The van der Waals surface area contributed by atoms with Gasteiger partial charge in [-0.25, -0.2) is 0 Å². The Labute approximate surface area is 432 Å². The summed E-state index contributed by atoms with van der Waals surface area (Å²) in [6.45, 7) is 6.46. The van der Waals surface area contributed by atoms with E-state index < -0.39 is 6.10 Å². The largest absolute Gasteiger partial charge is 0.462 e. The average molecular weight is 974 g/mol. The van der Waals surface area contributed by atoms with Gasteiger partial charge in [-0.3, -0.25) is 14.4 Å². The highest BCUT2D eigenvalue weighted by Gasteiger charge is 2.19. The first-order chi connectivity index (χ1) is 34.5. The van der Waals surface area contributed by atoms with E-state index in [2.05, 4.69) is 118 Å². The molecule has 0 N–H and O–H groups in total. The van der Waals surface area contributed by atoms with Gasteiger partial charge in [0.05, 0.1) is 0 Å². The molecule has 0 aliphatic heterocycles. The Kier molecular flexibility index (Phi) is 54.9. The smallest absolute Gasteiger partial charge is 0.306 e. The molecule has 400 valence electrons. The van der Waals surface area contributed by atoms with Gasteiger partial charge in [-0.15, -0.1) is 0 Å². The molecule has 0 bridgehead atoms. The van der Waals surface area contributed by atoms with Gasteiger partial charge in [0.2, 0.25) is 0 Å². The highest BCUT2D eigenvalue weighted by molar-refractivity contribution is 5.71. The number of unbranched alkanes of at least 4 members (excludes halogenated alkanes) is 25. The fourth-order valence-corrected chi connectivity index (χ4v) is 7.89. The number of allylic oxidation sites excluding steroid dienone is 16. The molecule has 6 nitrogen and oxygen atoms in total. The summed E-state index contributed by atoms with van der Waals surface area (Å²) in [4.78, 5) is 38.1. The van der Waals surface area contributed by atoms with E-state index in [1.54, 1.807) is 0 Å². The van der Waals surface area contributed by atoms with Crippen molar-refractivity contribution < 1.29 is 28.6 Å². The third-order valence-corrected chi connectivity index (χ3v) is 12.3. The predicted molar refractivity (Wildman–Crippen MR) is 302 cm³/mol. The van der Waals surface area contributed by atoms with E-state index in [0.29, 0.717) is 19.3 Å². The van der Waals surface area contributed by atoms with Crippen molar-refractivity contribution in [3.63, 3.8) is 0 Å². The average Bonchev–Trinajstić information content (AvgIpc) is 3.36. The van der Waals surface area contributed by atoms with Crippen molar-refractivity contribution in [3.05, 3.63) is 97.2 Å². The topological polar surface area (TPSA) is 78.9 Å². The van der Waals surface area contributed by atoms with Gasteiger partial charge in [0.1, 0.15) is 13.2 Å². The zero-order chi connectivity index (χ0) is 50.7. The van der Waals surface area contributed by atoms with Crippen LogP contribution < -0.4 is 0 Å². The maximum absolute atomic E-state index is 12.8. The second kappa shape index (κ2) is 57.9. The van der Waals surface area contributed by atoms with Crippen LogP contribution in [0.3, 0.4) is 0 Å². The van der Waals surface area contributed by atoms with E-state index in [1.165, 1.54) is 109 Å². The molecule has 0 amide bonds. The van der Waals surface area contributed by atoms with E-state index in [0.717, 1.165) is 122 Å². The number of rotatable bonds is 52. The second-order valence-electron chi connectivity index (χ2n) is 19.2. The minimum Gasteiger partial charge on any atom is -0.462 e. The minimum atomic E-state index is -0.788. The molecule has 0 radical (unpaired) electrons. The summed E-state index contributed by atoms with van der Waals surface area (Å²) in [6, 6.07) is 0. The Bertz CT molecular complexity index is 1400. The number of hydrogen-bond donors (Lipinski definition) is 0. The van der Waals surface area contributed by atoms with E-state index in [4.69, 9.17) is 14.2 Å². The lowest BCUT2D eigenvalue weighted by atomic mass is 10.1. The molecular formula is C64H108O6. The molecule has 1 atom stereocenters. The van der Waals surface area contributed by atoms with Gasteiger partial charge in [-0.05, 0) is 116 Å². The van der Waals surface area contributed by atoms with Gasteiger partial charge in [0, 0.05) is 19.3 Å². The Hall–Kier alpha value is -3.67. The highest BCUT2D eigenvalue weighted by Crippen LogP contribution is 2.14. The van der Waals surface area contributed by atoms with Crippen LogP contribution in [0.1, 0.15) is 271 Å². The third kappa shape index (κ3) is 55.3. The number of hydrogen-bond acceptors (Lipinski definition) is 6. The van der Waals surface area contributed by atoms with Crippen LogP contribution in [0, 0.1) is 0 Å². The van der Waals surface area contributed by atoms with Crippen molar-refractivity contribution in [2.24, 2.45) is 0 Å². The van der Waals surface area contributed by atoms with E-state index >= 15 is 0 Å². The predicted octanol–water partition coefficient (Wildman–Crippen LogP) is 19.7. The van der Waals surface area contributed by atoms with Gasteiger partial charge in [0.15, 0.2) is 6.10 Å². The molecule has 0 saturated heterocycles. The van der Waals surface area contributed by atoms with E-state index in [-0.39, 0.29) is 31.1 Å². The van der Waals surface area contributed by atoms with Crippen molar-refractivity contribution in [2.75, 3.05) is 13.2 Å². The zero-order valence-electron chi connectivity index (χ0n) is 45.8. The summed E-state index contributed by atoms with van der Waals surface area (Å²) < 4.78 is 16.8. The van der Waals surface area contributed by atoms with Crippen LogP contribution in [0.5, 0.6) is 0 Å². The molecule has 70 heavy (non-hydrogen) atoms. The van der Waals surface area contributed by atoms with Gasteiger partial charge >= 0.3 is 17.9 Å². The summed E-state index contributed by atoms with van der Waals surface area (Å²) >= 11 is 0. The van der Waals surface area contributed by atoms with Crippen molar-refractivity contribution in [2.45, 2.75) is 277 Å². The van der Waals surface area contributed by atoms with Crippen LogP contribution in [-0.4, -0.2) is 37.2 Å². The molecule has 0 aromatic rings. The molecule has 0 fully saturated rings. The van der Waals surface area contributed by atoms with Crippen LogP contribution >= 0.6 is 0 Å². The summed E-state index contributed by atoms with van der Waals surface area (Å²) in [5, 5.41) is 0. The molecule has 0 heterocycles. The zero-order valence-corrected chi connectivity index (χ0v) is 45.8. The number of esters is 3. The first kappa shape index (κ1) is 66.3. The second-order valence-corrected chi connectivity index (χ2v) is 19.2. The Morgan fingerprint density at radius 3 is 0.929 bits per heavy atom. The van der Waals surface area contributed by atoms with E-state index in [1.807, 2.05) is 0 Å². The lowest BCUT2D eigenvalue weighted by Gasteiger charge is -2.18. The van der Waals surface area contributed by atoms with Crippen molar-refractivity contribution in [3.8, 4) is 0 Å². The standard InChI is InChI=1S/C64H108O6/c1-4-7-10-13-16-19-22-24-26-27-28-29-30-31-32-33-34-35-36-37-38-40-42-45-48-51-54-57-63(66)69-60-61(59-68-62(65)56-53-50-47-44-41-21-18-15-12-9-6-3)70-64(67)58-55-52-49-46-43-39-25-23-20-17-14-11-8-5-2/h7,10,15-16,18-19,23-26,28-29,31-32,34-35,61H,4-6,8-9,11-14,17,20-22,27,30,33,36-60H2,1-3H3/b10-7-,18-15-,19-16-,25-23-,26-24-,29-28-,32-31-,35-34-. The van der Waals surface area contributed by atoms with E-state index in [9.17, 15) is 14.4 Å². The monoisotopic (exact) mass is 973 g/mol. The van der Waals surface area contributed by atoms with Crippen molar-refractivity contribution in [1.82, 2.24) is 0 Å². The Morgan fingerprint density at radius 2 is 0.571 bits per heavy atom. The van der Waals surface area contributed by atoms with Crippen LogP contribution in [0.2, 0.25) is 0 Å². The lowest BCUT2D eigenvalue weighted by Crippen LogP contribution is -2.30.